The normalized spacial score (nSPS) is 12.0. The van der Waals surface area contributed by atoms with Crippen molar-refractivity contribution in [3.63, 3.8) is 0 Å². The van der Waals surface area contributed by atoms with Gasteiger partial charge in [0, 0.05) is 29.2 Å². The summed E-state index contributed by atoms with van der Waals surface area (Å²) < 4.78 is 34.2. The van der Waals surface area contributed by atoms with E-state index in [1.54, 1.807) is 4.45 Å². The van der Waals surface area contributed by atoms with Gasteiger partial charge in [0.25, 0.3) is 5.56 Å². The summed E-state index contributed by atoms with van der Waals surface area (Å²) in [5.41, 5.74) is 3.47. The molecule has 1 unspecified atom stereocenters. The summed E-state index contributed by atoms with van der Waals surface area (Å²) in [6.07, 6.45) is 0.384. The number of fused-ring (bicyclic) bond motifs is 1. The zero-order chi connectivity index (χ0) is 27.4. The molecule has 0 fully saturated rings. The zero-order valence-corrected chi connectivity index (χ0v) is 23.2. The van der Waals surface area contributed by atoms with Gasteiger partial charge in [-0.05, 0) is 48.8 Å². The molecule has 0 aliphatic heterocycles. The van der Waals surface area contributed by atoms with Crippen LogP contribution >= 0.6 is 8.73 Å². The van der Waals surface area contributed by atoms with Crippen LogP contribution in [0.2, 0.25) is 0 Å². The van der Waals surface area contributed by atoms with Crippen LogP contribution < -0.4 is 15.0 Å². The molecule has 0 aliphatic rings. The van der Waals surface area contributed by atoms with Gasteiger partial charge in [0.15, 0.2) is 11.2 Å². The number of nitrogens with zero attached hydrogens (tertiary/aromatic N) is 5. The van der Waals surface area contributed by atoms with Crippen LogP contribution in [0.25, 0.3) is 33.7 Å². The van der Waals surface area contributed by atoms with Crippen LogP contribution in [-0.4, -0.2) is 70.7 Å². The molecule has 0 spiro atoms. The predicted octanol–water partition coefficient (Wildman–Crippen LogP) is 2.17. The number of hydrogen-bond acceptors (Lipinski definition) is 8. The minimum atomic E-state index is -3.82. The first-order chi connectivity index (χ1) is 18.1. The number of carbonyl (C=O) groups excluding carboxylic acids is 1. The number of hydrogen-bond donors (Lipinski definition) is 2. The summed E-state index contributed by atoms with van der Waals surface area (Å²) in [6, 6.07) is 13.2. The van der Waals surface area contributed by atoms with Gasteiger partial charge >= 0.3 is 10.2 Å². The fraction of sp³-hybridized carbons (Fsp3) is 0.292. The molecule has 2 aromatic carbocycles. The molecule has 0 aliphatic carbocycles. The van der Waals surface area contributed by atoms with Crippen molar-refractivity contribution in [2.75, 3.05) is 27.4 Å². The van der Waals surface area contributed by atoms with Gasteiger partial charge in [0.2, 0.25) is 5.91 Å². The van der Waals surface area contributed by atoms with E-state index in [9.17, 15) is 18.0 Å². The molecule has 38 heavy (non-hydrogen) atoms. The Morgan fingerprint density at radius 1 is 1.18 bits per heavy atom. The maximum absolute atomic E-state index is 12.6. The SMILES string of the molecule is CCOc1cc(-c2cccc(CCC(=O)NS(=O)(=O)N(C)C)c2)ccc1-c1nc2c(nnn2PC)c(=O)[nH]1. The van der Waals surface area contributed by atoms with Gasteiger partial charge in [-0.3, -0.25) is 9.59 Å². The Bertz CT molecular complexity index is 1650. The van der Waals surface area contributed by atoms with E-state index in [0.717, 1.165) is 21.0 Å². The Balaban J connectivity index is 1.61. The lowest BCUT2D eigenvalue weighted by atomic mass is 9.99. The molecule has 1 atom stereocenters. The Labute approximate surface area is 221 Å². The van der Waals surface area contributed by atoms with E-state index in [4.69, 9.17) is 4.74 Å². The highest BCUT2D eigenvalue weighted by Gasteiger charge is 2.18. The number of benzene rings is 2. The molecule has 1 amide bonds. The first kappa shape index (κ1) is 27.4. The smallest absolute Gasteiger partial charge is 0.303 e. The molecule has 2 N–H and O–H groups in total. The highest BCUT2D eigenvalue weighted by molar-refractivity contribution is 7.87. The van der Waals surface area contributed by atoms with E-state index < -0.39 is 16.1 Å². The van der Waals surface area contributed by atoms with Crippen LogP contribution in [0.1, 0.15) is 18.9 Å². The molecule has 2 heterocycles. The summed E-state index contributed by atoms with van der Waals surface area (Å²) in [5.74, 6) is 0.321. The van der Waals surface area contributed by atoms with Crippen LogP contribution in [0.15, 0.2) is 47.3 Å². The number of aromatic amines is 1. The minimum Gasteiger partial charge on any atom is -0.493 e. The van der Waals surface area contributed by atoms with Gasteiger partial charge in [-0.15, -0.1) is 5.10 Å². The monoisotopic (exact) mass is 557 g/mol. The van der Waals surface area contributed by atoms with Crippen LogP contribution in [-0.2, 0) is 21.4 Å². The maximum atomic E-state index is 12.6. The van der Waals surface area contributed by atoms with Gasteiger partial charge in [-0.2, -0.15) is 12.7 Å². The molecule has 2 aromatic heterocycles. The molecule has 0 radical (unpaired) electrons. The van der Waals surface area contributed by atoms with E-state index in [1.807, 2.05) is 60.8 Å². The van der Waals surface area contributed by atoms with E-state index in [-0.39, 0.29) is 26.2 Å². The summed E-state index contributed by atoms with van der Waals surface area (Å²) in [5, 5.41) is 7.91. The zero-order valence-electron chi connectivity index (χ0n) is 21.3. The number of nitrogens with one attached hydrogen (secondary N) is 2. The van der Waals surface area contributed by atoms with Crippen molar-refractivity contribution in [1.82, 2.24) is 33.8 Å². The number of amides is 1. The van der Waals surface area contributed by atoms with Gasteiger partial charge in [-0.1, -0.05) is 35.5 Å². The van der Waals surface area contributed by atoms with E-state index in [1.165, 1.54) is 14.1 Å². The topological polar surface area (TPSA) is 152 Å². The van der Waals surface area contributed by atoms with Gasteiger partial charge in [0.1, 0.15) is 11.6 Å². The quantitative estimate of drug-likeness (QED) is 0.282. The third-order valence-electron chi connectivity index (χ3n) is 5.68. The summed E-state index contributed by atoms with van der Waals surface area (Å²) in [7, 11) is -0.850. The van der Waals surface area contributed by atoms with Crippen molar-refractivity contribution in [2.45, 2.75) is 19.8 Å². The van der Waals surface area contributed by atoms with Crippen molar-refractivity contribution >= 4 is 36.0 Å². The maximum Gasteiger partial charge on any atom is 0.303 e. The molecular formula is C24H28N7O5PS. The number of aromatic nitrogens is 5. The summed E-state index contributed by atoms with van der Waals surface area (Å²) in [4.78, 5) is 32.1. The number of rotatable bonds is 10. The van der Waals surface area contributed by atoms with Crippen LogP contribution in [0.5, 0.6) is 5.75 Å². The third kappa shape index (κ3) is 5.90. The Hall–Kier alpha value is -3.67. The van der Waals surface area contributed by atoms with E-state index >= 15 is 0 Å². The molecule has 14 heteroatoms. The Kier molecular flexibility index (Phi) is 8.20. The Morgan fingerprint density at radius 3 is 2.66 bits per heavy atom. The number of H-pyrrole nitrogens is 1. The fourth-order valence-corrected chi connectivity index (χ4v) is 4.80. The Morgan fingerprint density at radius 2 is 1.95 bits per heavy atom. The van der Waals surface area contributed by atoms with Gasteiger partial charge < -0.3 is 9.72 Å². The molecule has 4 rings (SSSR count). The molecule has 0 saturated carbocycles. The lowest BCUT2D eigenvalue weighted by Gasteiger charge is -2.13. The van der Waals surface area contributed by atoms with E-state index in [0.29, 0.717) is 35.8 Å². The number of ether oxygens (including phenoxy) is 1. The second kappa shape index (κ2) is 11.4. The highest BCUT2D eigenvalue weighted by Crippen LogP contribution is 2.33. The van der Waals surface area contributed by atoms with Crippen molar-refractivity contribution in [3.05, 3.63) is 58.4 Å². The van der Waals surface area contributed by atoms with Crippen molar-refractivity contribution in [1.29, 1.82) is 0 Å². The first-order valence-corrected chi connectivity index (χ1v) is 14.6. The number of carbonyl (C=O) groups is 1. The average molecular weight is 558 g/mol. The highest BCUT2D eigenvalue weighted by atomic mass is 32.2. The molecule has 0 saturated heterocycles. The number of aryl methyl sites for hydroxylation is 1. The van der Waals surface area contributed by atoms with Crippen molar-refractivity contribution in [2.24, 2.45) is 0 Å². The molecule has 200 valence electrons. The average Bonchev–Trinajstić information content (AvgIpc) is 3.31. The largest absolute Gasteiger partial charge is 0.493 e. The predicted molar refractivity (Wildman–Crippen MR) is 147 cm³/mol. The van der Waals surface area contributed by atoms with Crippen molar-refractivity contribution in [3.8, 4) is 28.3 Å². The van der Waals surface area contributed by atoms with Crippen LogP contribution in [0.3, 0.4) is 0 Å². The second-order valence-corrected chi connectivity index (χ2v) is 11.2. The van der Waals surface area contributed by atoms with Gasteiger partial charge in [0.05, 0.1) is 12.2 Å². The first-order valence-electron chi connectivity index (χ1n) is 11.8. The van der Waals surface area contributed by atoms with Crippen LogP contribution in [0, 0.1) is 0 Å². The van der Waals surface area contributed by atoms with Crippen molar-refractivity contribution < 1.29 is 17.9 Å². The summed E-state index contributed by atoms with van der Waals surface area (Å²) >= 11 is 0. The van der Waals surface area contributed by atoms with Crippen LogP contribution in [0.4, 0.5) is 0 Å². The lowest BCUT2D eigenvalue weighted by Crippen LogP contribution is -2.39. The minimum absolute atomic E-state index is 0.0188. The molecular weight excluding hydrogens is 529 g/mol. The second-order valence-electron chi connectivity index (χ2n) is 8.47. The standard InChI is InChI=1S/C24H28N7O5PS/c1-5-36-19-14-17(10-11-18(19)22-25-23-21(24(33)26-22)27-29-31(23)37-4)16-8-6-7-15(13-16)9-12-20(32)28-38(34,35)30(2)3/h6-8,10-11,13-14,37H,5,9,12H2,1-4H3,(H,28,32)(H,25,26,33). The summed E-state index contributed by atoms with van der Waals surface area (Å²) in [6.45, 7) is 4.20. The van der Waals surface area contributed by atoms with E-state index in [2.05, 4.69) is 20.3 Å². The molecule has 4 aromatic rings. The third-order valence-corrected chi connectivity index (χ3v) is 7.86. The molecule has 12 nitrogen and oxygen atoms in total. The lowest BCUT2D eigenvalue weighted by molar-refractivity contribution is -0.119. The van der Waals surface area contributed by atoms with Gasteiger partial charge in [-0.25, -0.2) is 14.2 Å². The fourth-order valence-electron chi connectivity index (χ4n) is 3.73. The molecule has 0 bridgehead atoms.